The summed E-state index contributed by atoms with van der Waals surface area (Å²) in [6, 6.07) is 11.9. The zero-order chi connectivity index (χ0) is 17.8. The molecule has 0 aliphatic heterocycles. The monoisotopic (exact) mass is 416 g/mol. The third kappa shape index (κ3) is 4.49. The average molecular weight is 417 g/mol. The van der Waals surface area contributed by atoms with E-state index in [0.29, 0.717) is 11.3 Å². The lowest BCUT2D eigenvalue weighted by molar-refractivity contribution is 0.102. The number of nitrogens with zero attached hydrogens (tertiary/aromatic N) is 2. The first-order valence-electron chi connectivity index (χ1n) is 7.16. The van der Waals surface area contributed by atoms with E-state index in [1.54, 1.807) is 54.9 Å². The molecular formula is C17H13BrN4O2S. The molecule has 3 aromatic rings. The standard InChI is InChI=1S/C17H13BrN4O2S/c18-11-8-20-17(21-9-11)22-16(24)10-1-6-15(14(19)7-10)25-13-4-2-12(23)3-5-13/h1-9,23H,19H2,(H,20,21,22,24). The van der Waals surface area contributed by atoms with Gasteiger partial charge in [-0.25, -0.2) is 9.97 Å². The zero-order valence-electron chi connectivity index (χ0n) is 12.8. The van der Waals surface area contributed by atoms with Crippen molar-refractivity contribution in [2.75, 3.05) is 11.1 Å². The molecule has 0 unspecified atom stereocenters. The van der Waals surface area contributed by atoms with E-state index < -0.39 is 0 Å². The first kappa shape index (κ1) is 17.2. The minimum absolute atomic E-state index is 0.208. The van der Waals surface area contributed by atoms with Gasteiger partial charge in [-0.05, 0) is 58.4 Å². The first-order valence-corrected chi connectivity index (χ1v) is 8.77. The number of carbonyl (C=O) groups is 1. The summed E-state index contributed by atoms with van der Waals surface area (Å²) < 4.78 is 0.727. The number of aromatic hydroxyl groups is 1. The number of amides is 1. The Balaban J connectivity index is 1.73. The fourth-order valence-electron chi connectivity index (χ4n) is 1.97. The summed E-state index contributed by atoms with van der Waals surface area (Å²) in [5.74, 6) is 0.0871. The third-order valence-electron chi connectivity index (χ3n) is 3.18. The molecule has 0 saturated heterocycles. The fourth-order valence-corrected chi connectivity index (χ4v) is 3.02. The van der Waals surface area contributed by atoms with Gasteiger partial charge in [0.15, 0.2) is 0 Å². The number of phenolic OH excluding ortho intramolecular Hbond substituents is 1. The van der Waals surface area contributed by atoms with E-state index >= 15 is 0 Å². The summed E-state index contributed by atoms with van der Waals surface area (Å²) in [6.45, 7) is 0. The molecule has 1 heterocycles. The van der Waals surface area contributed by atoms with Crippen LogP contribution in [0, 0.1) is 0 Å². The molecule has 0 radical (unpaired) electrons. The normalized spacial score (nSPS) is 10.4. The summed E-state index contributed by atoms with van der Waals surface area (Å²) >= 11 is 4.69. The molecule has 0 bridgehead atoms. The number of phenols is 1. The molecule has 0 fully saturated rings. The summed E-state index contributed by atoms with van der Waals surface area (Å²) in [6.07, 6.45) is 3.10. The van der Waals surface area contributed by atoms with Crippen LogP contribution in [-0.4, -0.2) is 21.0 Å². The van der Waals surface area contributed by atoms with Gasteiger partial charge in [0.1, 0.15) is 5.75 Å². The second-order valence-corrected chi connectivity index (χ2v) is 7.06. The molecule has 3 rings (SSSR count). The highest BCUT2D eigenvalue weighted by Crippen LogP contribution is 2.33. The van der Waals surface area contributed by atoms with Gasteiger partial charge in [0.2, 0.25) is 5.95 Å². The van der Waals surface area contributed by atoms with E-state index in [9.17, 15) is 9.90 Å². The third-order valence-corrected chi connectivity index (χ3v) is 4.69. The van der Waals surface area contributed by atoms with Crippen LogP contribution < -0.4 is 11.1 Å². The number of benzene rings is 2. The largest absolute Gasteiger partial charge is 0.508 e. The van der Waals surface area contributed by atoms with Gasteiger partial charge in [-0.1, -0.05) is 11.8 Å². The van der Waals surface area contributed by atoms with Crippen molar-refractivity contribution in [3.05, 3.63) is 64.9 Å². The second kappa shape index (κ2) is 7.54. The van der Waals surface area contributed by atoms with Gasteiger partial charge >= 0.3 is 0 Å². The van der Waals surface area contributed by atoms with E-state index in [0.717, 1.165) is 14.3 Å². The highest BCUT2D eigenvalue weighted by molar-refractivity contribution is 9.10. The van der Waals surface area contributed by atoms with Crippen LogP contribution in [0.5, 0.6) is 5.75 Å². The smallest absolute Gasteiger partial charge is 0.258 e. The molecule has 0 aliphatic carbocycles. The second-order valence-electron chi connectivity index (χ2n) is 5.03. The minimum atomic E-state index is -0.338. The fraction of sp³-hybridized carbons (Fsp3) is 0. The molecule has 6 nitrogen and oxygen atoms in total. The van der Waals surface area contributed by atoms with Crippen molar-refractivity contribution in [1.29, 1.82) is 0 Å². The van der Waals surface area contributed by atoms with Crippen molar-refractivity contribution in [3.63, 3.8) is 0 Å². The van der Waals surface area contributed by atoms with E-state index in [1.165, 1.54) is 11.8 Å². The highest BCUT2D eigenvalue weighted by Gasteiger charge is 2.11. The molecule has 1 aromatic heterocycles. The lowest BCUT2D eigenvalue weighted by Gasteiger charge is -2.08. The number of aromatic nitrogens is 2. The number of hydrogen-bond donors (Lipinski definition) is 3. The Morgan fingerprint density at radius 3 is 2.44 bits per heavy atom. The number of halogens is 1. The number of hydrogen-bond acceptors (Lipinski definition) is 6. The van der Waals surface area contributed by atoms with E-state index in [2.05, 4.69) is 31.2 Å². The average Bonchev–Trinajstić information content (AvgIpc) is 2.60. The summed E-state index contributed by atoms with van der Waals surface area (Å²) in [4.78, 5) is 22.0. The van der Waals surface area contributed by atoms with Gasteiger partial charge in [-0.3, -0.25) is 10.1 Å². The van der Waals surface area contributed by atoms with Crippen LogP contribution in [0.4, 0.5) is 11.6 Å². The van der Waals surface area contributed by atoms with Crippen LogP contribution in [0.15, 0.2) is 69.1 Å². The van der Waals surface area contributed by atoms with Crippen molar-refractivity contribution in [2.45, 2.75) is 9.79 Å². The predicted molar refractivity (Wildman–Crippen MR) is 101 cm³/mol. The van der Waals surface area contributed by atoms with E-state index in [-0.39, 0.29) is 17.6 Å². The molecular weight excluding hydrogens is 404 g/mol. The van der Waals surface area contributed by atoms with Crippen molar-refractivity contribution in [2.24, 2.45) is 0 Å². The Labute approximate surface area is 156 Å². The molecule has 126 valence electrons. The van der Waals surface area contributed by atoms with Gasteiger partial charge in [0, 0.05) is 33.4 Å². The maximum Gasteiger partial charge on any atom is 0.258 e. The lowest BCUT2D eigenvalue weighted by Crippen LogP contribution is -2.14. The van der Waals surface area contributed by atoms with Crippen molar-refractivity contribution in [3.8, 4) is 5.75 Å². The van der Waals surface area contributed by atoms with Crippen molar-refractivity contribution in [1.82, 2.24) is 9.97 Å². The molecule has 25 heavy (non-hydrogen) atoms. The number of nitrogens with two attached hydrogens (primary N) is 1. The molecule has 0 aliphatic rings. The predicted octanol–water partition coefficient (Wildman–Crippen LogP) is 3.93. The molecule has 0 atom stereocenters. The van der Waals surface area contributed by atoms with Gasteiger partial charge in [-0.15, -0.1) is 0 Å². The van der Waals surface area contributed by atoms with E-state index in [1.807, 2.05) is 0 Å². The van der Waals surface area contributed by atoms with Crippen LogP contribution in [0.2, 0.25) is 0 Å². The lowest BCUT2D eigenvalue weighted by atomic mass is 10.2. The first-order chi connectivity index (χ1) is 12.0. The zero-order valence-corrected chi connectivity index (χ0v) is 15.2. The van der Waals surface area contributed by atoms with Crippen LogP contribution in [0.25, 0.3) is 0 Å². The summed E-state index contributed by atoms with van der Waals surface area (Å²) in [5, 5.41) is 11.9. The number of nitrogen functional groups attached to an aromatic ring is 1. The van der Waals surface area contributed by atoms with Crippen LogP contribution in [0.1, 0.15) is 10.4 Å². The Morgan fingerprint density at radius 2 is 1.80 bits per heavy atom. The number of anilines is 2. The Bertz CT molecular complexity index is 902. The number of carbonyl (C=O) groups excluding carboxylic acids is 1. The van der Waals surface area contributed by atoms with Crippen LogP contribution in [-0.2, 0) is 0 Å². The SMILES string of the molecule is Nc1cc(C(=O)Nc2ncc(Br)cn2)ccc1Sc1ccc(O)cc1. The summed E-state index contributed by atoms with van der Waals surface area (Å²) in [7, 11) is 0. The van der Waals surface area contributed by atoms with Crippen molar-refractivity contribution >= 4 is 45.2 Å². The van der Waals surface area contributed by atoms with E-state index in [4.69, 9.17) is 5.73 Å². The van der Waals surface area contributed by atoms with Crippen LogP contribution >= 0.6 is 27.7 Å². The van der Waals surface area contributed by atoms with Crippen LogP contribution in [0.3, 0.4) is 0 Å². The Kier molecular flexibility index (Phi) is 5.20. The van der Waals surface area contributed by atoms with Crippen molar-refractivity contribution < 1.29 is 9.90 Å². The van der Waals surface area contributed by atoms with Gasteiger partial charge in [0.05, 0.1) is 4.47 Å². The highest BCUT2D eigenvalue weighted by atomic mass is 79.9. The quantitative estimate of drug-likeness (QED) is 0.556. The molecule has 0 spiro atoms. The molecule has 4 N–H and O–H groups in total. The Morgan fingerprint density at radius 1 is 1.12 bits per heavy atom. The Hall–Kier alpha value is -2.58. The maximum atomic E-state index is 12.3. The molecule has 1 amide bonds. The summed E-state index contributed by atoms with van der Waals surface area (Å²) in [5.41, 5.74) is 6.97. The molecule has 0 saturated carbocycles. The number of nitrogens with one attached hydrogen (secondary N) is 1. The number of rotatable bonds is 4. The topological polar surface area (TPSA) is 101 Å². The van der Waals surface area contributed by atoms with Gasteiger partial charge in [0.25, 0.3) is 5.91 Å². The van der Waals surface area contributed by atoms with Gasteiger partial charge in [-0.2, -0.15) is 0 Å². The van der Waals surface area contributed by atoms with Gasteiger partial charge < -0.3 is 10.8 Å². The maximum absolute atomic E-state index is 12.3. The molecule has 2 aromatic carbocycles. The molecule has 8 heteroatoms. The minimum Gasteiger partial charge on any atom is -0.508 e.